The summed E-state index contributed by atoms with van der Waals surface area (Å²) in [4.78, 5) is 27.3. The molecule has 1 fully saturated rings. The van der Waals surface area contributed by atoms with E-state index in [1.54, 1.807) is 19.1 Å². The molecule has 2 aromatic rings. The van der Waals surface area contributed by atoms with Crippen LogP contribution in [-0.2, 0) is 14.3 Å². The topological polar surface area (TPSA) is 67.9 Å². The second-order valence-electron chi connectivity index (χ2n) is 7.03. The van der Waals surface area contributed by atoms with Crippen molar-refractivity contribution >= 4 is 17.4 Å². The smallest absolute Gasteiger partial charge is 0.295 e. The Labute approximate surface area is 171 Å². The summed E-state index contributed by atoms with van der Waals surface area (Å²) in [6, 6.07) is 14.8. The molecule has 1 atom stereocenters. The van der Waals surface area contributed by atoms with Crippen LogP contribution in [-0.4, -0.2) is 44.0 Å². The van der Waals surface area contributed by atoms with Gasteiger partial charge < -0.3 is 19.7 Å². The van der Waals surface area contributed by atoms with Gasteiger partial charge in [0.05, 0.1) is 25.3 Å². The molecule has 2 aromatic carbocycles. The Kier molecular flexibility index (Phi) is 6.34. The molecule has 1 aliphatic heterocycles. The lowest BCUT2D eigenvalue weighted by Crippen LogP contribution is -2.32. The fraction of sp³-hybridized carbons (Fsp3) is 0.304. The summed E-state index contributed by atoms with van der Waals surface area (Å²) in [5.74, 6) is -0.283. The van der Waals surface area contributed by atoms with E-state index in [2.05, 4.69) is 5.32 Å². The molecule has 0 saturated carbocycles. The van der Waals surface area contributed by atoms with Crippen molar-refractivity contribution in [3.05, 3.63) is 70.9 Å². The van der Waals surface area contributed by atoms with Gasteiger partial charge in [0, 0.05) is 25.0 Å². The number of ketones is 1. The predicted molar refractivity (Wildman–Crippen MR) is 112 cm³/mol. The van der Waals surface area contributed by atoms with Crippen molar-refractivity contribution in [3.8, 4) is 5.75 Å². The van der Waals surface area contributed by atoms with Crippen LogP contribution in [0.15, 0.2) is 59.8 Å². The monoisotopic (exact) mass is 394 g/mol. The second-order valence-corrected chi connectivity index (χ2v) is 7.03. The number of anilines is 1. The van der Waals surface area contributed by atoms with E-state index in [-0.39, 0.29) is 0 Å². The Morgan fingerprint density at radius 2 is 1.69 bits per heavy atom. The number of ether oxygens (including phenoxy) is 2. The third kappa shape index (κ3) is 4.32. The van der Waals surface area contributed by atoms with Gasteiger partial charge in [0.1, 0.15) is 5.75 Å². The summed E-state index contributed by atoms with van der Waals surface area (Å²) in [7, 11) is 3.18. The number of amides is 1. The van der Waals surface area contributed by atoms with Crippen molar-refractivity contribution in [1.29, 1.82) is 0 Å². The van der Waals surface area contributed by atoms with Gasteiger partial charge in [-0.25, -0.2) is 0 Å². The summed E-state index contributed by atoms with van der Waals surface area (Å²) in [5, 5.41) is 3.28. The van der Waals surface area contributed by atoms with Gasteiger partial charge in [-0.2, -0.15) is 0 Å². The minimum absolute atomic E-state index is 0.332. The SMILES string of the molecule is COCCN1C(=O)C(=O)/C(=C(\C)Nc2ccc(C)cc2)[C@H]1c1ccc(OC)cc1. The van der Waals surface area contributed by atoms with Gasteiger partial charge in [0.25, 0.3) is 11.7 Å². The van der Waals surface area contributed by atoms with Crippen molar-refractivity contribution in [1.82, 2.24) is 4.90 Å². The van der Waals surface area contributed by atoms with Crippen LogP contribution >= 0.6 is 0 Å². The highest BCUT2D eigenvalue weighted by atomic mass is 16.5. The first-order valence-electron chi connectivity index (χ1n) is 9.49. The van der Waals surface area contributed by atoms with Gasteiger partial charge in [0.15, 0.2) is 0 Å². The molecule has 3 rings (SSSR count). The van der Waals surface area contributed by atoms with Crippen LogP contribution in [0.5, 0.6) is 5.75 Å². The van der Waals surface area contributed by atoms with Crippen molar-refractivity contribution in [2.45, 2.75) is 19.9 Å². The molecule has 0 unspecified atom stereocenters. The zero-order chi connectivity index (χ0) is 21.0. The number of hydrogen-bond donors (Lipinski definition) is 1. The maximum atomic E-state index is 12.9. The van der Waals surface area contributed by atoms with E-state index in [1.807, 2.05) is 62.4 Å². The quantitative estimate of drug-likeness (QED) is 0.575. The van der Waals surface area contributed by atoms with E-state index < -0.39 is 17.7 Å². The summed E-state index contributed by atoms with van der Waals surface area (Å²) in [6.07, 6.45) is 0. The first kappa shape index (κ1) is 20.6. The van der Waals surface area contributed by atoms with Crippen LogP contribution in [0.4, 0.5) is 5.69 Å². The number of Topliss-reactive ketones (excluding diaryl/α,β-unsaturated/α-hetero) is 1. The molecular formula is C23H26N2O4. The molecule has 6 nitrogen and oxygen atoms in total. The maximum absolute atomic E-state index is 12.9. The molecule has 0 aliphatic carbocycles. The third-order valence-electron chi connectivity index (χ3n) is 5.04. The molecule has 1 heterocycles. The molecule has 152 valence electrons. The summed E-state index contributed by atoms with van der Waals surface area (Å²) < 4.78 is 10.4. The fourth-order valence-electron chi connectivity index (χ4n) is 3.49. The highest BCUT2D eigenvalue weighted by molar-refractivity contribution is 6.45. The Bertz CT molecular complexity index is 917. The van der Waals surface area contributed by atoms with Crippen molar-refractivity contribution in [2.24, 2.45) is 0 Å². The number of aryl methyl sites for hydroxylation is 1. The Morgan fingerprint density at radius 1 is 1.03 bits per heavy atom. The minimum atomic E-state index is -0.511. The number of carbonyl (C=O) groups excluding carboxylic acids is 2. The molecule has 0 bridgehead atoms. The second kappa shape index (κ2) is 8.92. The maximum Gasteiger partial charge on any atom is 0.295 e. The largest absolute Gasteiger partial charge is 0.497 e. The molecule has 29 heavy (non-hydrogen) atoms. The molecule has 0 spiro atoms. The zero-order valence-corrected chi connectivity index (χ0v) is 17.2. The number of allylic oxidation sites excluding steroid dienone is 1. The van der Waals surface area contributed by atoms with Gasteiger partial charge in [0.2, 0.25) is 0 Å². The molecule has 0 radical (unpaired) electrons. The number of nitrogens with one attached hydrogen (secondary N) is 1. The molecular weight excluding hydrogens is 368 g/mol. The van der Waals surface area contributed by atoms with Gasteiger partial charge in [-0.05, 0) is 43.7 Å². The van der Waals surface area contributed by atoms with E-state index in [0.29, 0.717) is 30.2 Å². The van der Waals surface area contributed by atoms with Crippen LogP contribution in [0, 0.1) is 6.92 Å². The average Bonchev–Trinajstić information content (AvgIpc) is 2.98. The Balaban J connectivity index is 2.03. The van der Waals surface area contributed by atoms with Gasteiger partial charge in [-0.15, -0.1) is 0 Å². The first-order chi connectivity index (χ1) is 14.0. The molecule has 1 aliphatic rings. The summed E-state index contributed by atoms with van der Waals surface area (Å²) in [6.45, 7) is 4.53. The number of nitrogens with zero attached hydrogens (tertiary/aromatic N) is 1. The minimum Gasteiger partial charge on any atom is -0.497 e. The lowest BCUT2D eigenvalue weighted by Gasteiger charge is -2.25. The van der Waals surface area contributed by atoms with Gasteiger partial charge >= 0.3 is 0 Å². The van der Waals surface area contributed by atoms with Gasteiger partial charge in [-0.3, -0.25) is 9.59 Å². The summed E-state index contributed by atoms with van der Waals surface area (Å²) >= 11 is 0. The van der Waals surface area contributed by atoms with E-state index in [9.17, 15) is 9.59 Å². The van der Waals surface area contributed by atoms with Crippen LogP contribution < -0.4 is 10.1 Å². The highest BCUT2D eigenvalue weighted by Crippen LogP contribution is 2.38. The standard InChI is InChI=1S/C23H26N2O4/c1-15-5-9-18(10-6-15)24-16(2)20-21(17-7-11-19(29-4)12-8-17)25(13-14-28-3)23(27)22(20)26/h5-12,21,24H,13-14H2,1-4H3/b20-16+/t21-/m1/s1. The summed E-state index contributed by atoms with van der Waals surface area (Å²) in [5.41, 5.74) is 3.98. The first-order valence-corrected chi connectivity index (χ1v) is 9.49. The lowest BCUT2D eigenvalue weighted by atomic mass is 9.97. The molecule has 1 saturated heterocycles. The van der Waals surface area contributed by atoms with E-state index in [1.165, 1.54) is 0 Å². The molecule has 1 amide bonds. The van der Waals surface area contributed by atoms with Crippen molar-refractivity contribution in [2.75, 3.05) is 32.7 Å². The number of hydrogen-bond acceptors (Lipinski definition) is 5. The normalized spacial score (nSPS) is 18.2. The third-order valence-corrected chi connectivity index (χ3v) is 5.04. The average molecular weight is 394 g/mol. The van der Waals surface area contributed by atoms with Crippen LogP contribution in [0.1, 0.15) is 24.1 Å². The molecule has 0 aromatic heterocycles. The van der Waals surface area contributed by atoms with Gasteiger partial charge in [-0.1, -0.05) is 29.8 Å². The number of methoxy groups -OCH3 is 2. The Hall–Kier alpha value is -3.12. The fourth-order valence-corrected chi connectivity index (χ4v) is 3.49. The number of carbonyl (C=O) groups is 2. The number of rotatable bonds is 7. The zero-order valence-electron chi connectivity index (χ0n) is 17.2. The van der Waals surface area contributed by atoms with Crippen molar-refractivity contribution in [3.63, 3.8) is 0 Å². The number of likely N-dealkylation sites (tertiary alicyclic amines) is 1. The van der Waals surface area contributed by atoms with Crippen LogP contribution in [0.25, 0.3) is 0 Å². The van der Waals surface area contributed by atoms with Crippen molar-refractivity contribution < 1.29 is 19.1 Å². The molecule has 1 N–H and O–H groups in total. The van der Waals surface area contributed by atoms with Crippen LogP contribution in [0.2, 0.25) is 0 Å². The predicted octanol–water partition coefficient (Wildman–Crippen LogP) is 3.49. The lowest BCUT2D eigenvalue weighted by molar-refractivity contribution is -0.140. The van der Waals surface area contributed by atoms with E-state index >= 15 is 0 Å². The number of benzene rings is 2. The van der Waals surface area contributed by atoms with E-state index in [0.717, 1.165) is 16.8 Å². The Morgan fingerprint density at radius 3 is 2.28 bits per heavy atom. The van der Waals surface area contributed by atoms with E-state index in [4.69, 9.17) is 9.47 Å². The highest BCUT2D eigenvalue weighted by Gasteiger charge is 2.44. The van der Waals surface area contributed by atoms with Crippen LogP contribution in [0.3, 0.4) is 0 Å². The molecule has 6 heteroatoms.